The molecule has 0 saturated heterocycles. The fourth-order valence-electron chi connectivity index (χ4n) is 2.39. The first-order valence-corrected chi connectivity index (χ1v) is 8.62. The van der Waals surface area contributed by atoms with Gasteiger partial charge in [0.15, 0.2) is 0 Å². The van der Waals surface area contributed by atoms with Gasteiger partial charge in [0.05, 0.1) is 0 Å². The van der Waals surface area contributed by atoms with Gasteiger partial charge >= 0.3 is 0 Å². The standard InChI is InChI=1S/C18H28OS/c1-8-20-18(19)17-15(12(4)5)9-14(11(2)3)10-16(17)13(6)7/h9-13H,8H2,1-7H3. The van der Waals surface area contributed by atoms with Crippen molar-refractivity contribution in [2.24, 2.45) is 0 Å². The first-order valence-electron chi connectivity index (χ1n) is 7.64. The monoisotopic (exact) mass is 292 g/mol. The van der Waals surface area contributed by atoms with Gasteiger partial charge in [0.2, 0.25) is 5.12 Å². The Balaban J connectivity index is 3.55. The van der Waals surface area contributed by atoms with E-state index in [-0.39, 0.29) is 5.12 Å². The highest BCUT2D eigenvalue weighted by molar-refractivity contribution is 8.14. The average molecular weight is 292 g/mol. The summed E-state index contributed by atoms with van der Waals surface area (Å²) in [5, 5.41) is 0.232. The third-order valence-corrected chi connectivity index (χ3v) is 4.37. The van der Waals surface area contributed by atoms with Crippen LogP contribution in [0.1, 0.15) is 93.3 Å². The van der Waals surface area contributed by atoms with Crippen molar-refractivity contribution in [3.8, 4) is 0 Å². The molecule has 1 rings (SSSR count). The Bertz CT molecular complexity index is 443. The van der Waals surface area contributed by atoms with Crippen LogP contribution in [-0.4, -0.2) is 10.9 Å². The van der Waals surface area contributed by atoms with E-state index in [0.29, 0.717) is 17.8 Å². The number of hydrogen-bond acceptors (Lipinski definition) is 2. The molecule has 1 nitrogen and oxygen atoms in total. The highest BCUT2D eigenvalue weighted by Crippen LogP contribution is 2.34. The molecule has 0 unspecified atom stereocenters. The van der Waals surface area contributed by atoms with Crippen molar-refractivity contribution in [1.82, 2.24) is 0 Å². The second-order valence-electron chi connectivity index (χ2n) is 6.26. The number of hydrogen-bond donors (Lipinski definition) is 0. The summed E-state index contributed by atoms with van der Waals surface area (Å²) in [4.78, 5) is 12.5. The van der Waals surface area contributed by atoms with Crippen LogP contribution in [0.4, 0.5) is 0 Å². The molecule has 20 heavy (non-hydrogen) atoms. The Labute approximate surface area is 128 Å². The topological polar surface area (TPSA) is 17.1 Å². The Morgan fingerprint density at radius 1 is 0.950 bits per heavy atom. The highest BCUT2D eigenvalue weighted by Gasteiger charge is 2.21. The minimum absolute atomic E-state index is 0.232. The Morgan fingerprint density at radius 2 is 1.40 bits per heavy atom. The molecule has 0 heterocycles. The Morgan fingerprint density at radius 3 is 1.70 bits per heavy atom. The number of benzene rings is 1. The molecule has 1 aromatic carbocycles. The summed E-state index contributed by atoms with van der Waals surface area (Å²) in [6, 6.07) is 4.48. The molecule has 0 atom stereocenters. The number of carbonyl (C=O) groups excluding carboxylic acids is 1. The lowest BCUT2D eigenvalue weighted by molar-refractivity contribution is 0.108. The van der Waals surface area contributed by atoms with E-state index in [4.69, 9.17) is 0 Å². The quantitative estimate of drug-likeness (QED) is 0.667. The van der Waals surface area contributed by atoms with E-state index in [1.807, 2.05) is 6.92 Å². The van der Waals surface area contributed by atoms with Gasteiger partial charge in [-0.05, 0) is 40.2 Å². The fraction of sp³-hybridized carbons (Fsp3) is 0.611. The Kier molecular flexibility index (Phi) is 6.32. The summed E-state index contributed by atoms with van der Waals surface area (Å²) in [5.74, 6) is 2.08. The van der Waals surface area contributed by atoms with Crippen LogP contribution in [0.25, 0.3) is 0 Å². The molecule has 0 spiro atoms. The van der Waals surface area contributed by atoms with E-state index < -0.39 is 0 Å². The summed E-state index contributed by atoms with van der Waals surface area (Å²) in [6.07, 6.45) is 0. The van der Waals surface area contributed by atoms with Crippen LogP contribution in [-0.2, 0) is 0 Å². The molecule has 0 aliphatic heterocycles. The first kappa shape index (κ1) is 17.3. The van der Waals surface area contributed by atoms with Crippen LogP contribution in [0, 0.1) is 0 Å². The third kappa shape index (κ3) is 3.88. The normalized spacial score (nSPS) is 11.7. The van der Waals surface area contributed by atoms with Gasteiger partial charge in [0, 0.05) is 5.56 Å². The molecule has 112 valence electrons. The SMILES string of the molecule is CCSC(=O)c1c(C(C)C)cc(C(C)C)cc1C(C)C. The zero-order valence-corrected chi connectivity index (χ0v) is 14.7. The molecule has 1 aromatic rings. The molecular formula is C18H28OS. The summed E-state index contributed by atoms with van der Waals surface area (Å²) >= 11 is 1.42. The lowest BCUT2D eigenvalue weighted by Gasteiger charge is -2.21. The molecule has 0 aromatic heterocycles. The fourth-order valence-corrected chi connectivity index (χ4v) is 3.04. The van der Waals surface area contributed by atoms with E-state index in [1.54, 1.807) is 0 Å². The van der Waals surface area contributed by atoms with Crippen LogP contribution in [0.2, 0.25) is 0 Å². The lowest BCUT2D eigenvalue weighted by Crippen LogP contribution is -2.10. The zero-order valence-electron chi connectivity index (χ0n) is 13.9. The molecule has 0 aliphatic rings. The molecule has 0 N–H and O–H groups in total. The van der Waals surface area contributed by atoms with Crippen LogP contribution in [0.5, 0.6) is 0 Å². The third-order valence-electron chi connectivity index (χ3n) is 3.61. The van der Waals surface area contributed by atoms with Crippen molar-refractivity contribution >= 4 is 16.9 Å². The predicted molar refractivity (Wildman–Crippen MR) is 91.2 cm³/mol. The van der Waals surface area contributed by atoms with Crippen LogP contribution in [0.15, 0.2) is 12.1 Å². The summed E-state index contributed by atoms with van der Waals surface area (Å²) in [7, 11) is 0. The molecular weight excluding hydrogens is 264 g/mol. The zero-order chi connectivity index (χ0) is 15.4. The van der Waals surface area contributed by atoms with Gasteiger partial charge in [-0.1, -0.05) is 72.4 Å². The minimum Gasteiger partial charge on any atom is -0.282 e. The number of thioether (sulfide) groups is 1. The second-order valence-corrected chi connectivity index (χ2v) is 7.50. The summed E-state index contributed by atoms with van der Waals surface area (Å²) in [6.45, 7) is 15.2. The van der Waals surface area contributed by atoms with Gasteiger partial charge < -0.3 is 0 Å². The van der Waals surface area contributed by atoms with Gasteiger partial charge in [0.25, 0.3) is 0 Å². The summed E-state index contributed by atoms with van der Waals surface area (Å²) in [5.41, 5.74) is 4.73. The highest BCUT2D eigenvalue weighted by atomic mass is 32.2. The Hall–Kier alpha value is -0.760. The van der Waals surface area contributed by atoms with Crippen LogP contribution < -0.4 is 0 Å². The molecule has 0 fully saturated rings. The van der Waals surface area contributed by atoms with E-state index in [1.165, 1.54) is 28.5 Å². The van der Waals surface area contributed by atoms with E-state index in [2.05, 4.69) is 53.7 Å². The maximum atomic E-state index is 12.5. The van der Waals surface area contributed by atoms with Gasteiger partial charge in [-0.25, -0.2) is 0 Å². The average Bonchev–Trinajstić information content (AvgIpc) is 2.36. The first-order chi connectivity index (χ1) is 9.29. The molecule has 2 heteroatoms. The molecule has 0 aliphatic carbocycles. The largest absolute Gasteiger partial charge is 0.282 e. The van der Waals surface area contributed by atoms with E-state index in [0.717, 1.165) is 11.3 Å². The number of rotatable bonds is 5. The van der Waals surface area contributed by atoms with Crippen molar-refractivity contribution in [1.29, 1.82) is 0 Å². The molecule has 0 amide bonds. The van der Waals surface area contributed by atoms with Crippen molar-refractivity contribution < 1.29 is 4.79 Å². The van der Waals surface area contributed by atoms with Gasteiger partial charge in [0.1, 0.15) is 0 Å². The van der Waals surface area contributed by atoms with Crippen molar-refractivity contribution in [2.45, 2.75) is 66.2 Å². The van der Waals surface area contributed by atoms with Crippen LogP contribution >= 0.6 is 11.8 Å². The van der Waals surface area contributed by atoms with Crippen molar-refractivity contribution in [2.75, 3.05) is 5.75 Å². The molecule has 0 radical (unpaired) electrons. The van der Waals surface area contributed by atoms with Crippen molar-refractivity contribution in [3.63, 3.8) is 0 Å². The lowest BCUT2D eigenvalue weighted by atomic mass is 9.85. The van der Waals surface area contributed by atoms with Crippen LogP contribution in [0.3, 0.4) is 0 Å². The van der Waals surface area contributed by atoms with Gasteiger partial charge in [-0.3, -0.25) is 4.79 Å². The smallest absolute Gasteiger partial charge is 0.219 e. The van der Waals surface area contributed by atoms with Gasteiger partial charge in [-0.15, -0.1) is 0 Å². The predicted octanol–water partition coefficient (Wildman–Crippen LogP) is 5.95. The second kappa shape index (κ2) is 7.31. The van der Waals surface area contributed by atoms with E-state index >= 15 is 0 Å². The van der Waals surface area contributed by atoms with Crippen molar-refractivity contribution in [3.05, 3.63) is 34.4 Å². The maximum absolute atomic E-state index is 12.5. The number of carbonyl (C=O) groups is 1. The molecule has 0 saturated carbocycles. The summed E-state index contributed by atoms with van der Waals surface area (Å²) < 4.78 is 0. The maximum Gasteiger partial charge on any atom is 0.219 e. The van der Waals surface area contributed by atoms with Gasteiger partial charge in [-0.2, -0.15) is 0 Å². The minimum atomic E-state index is 0.232. The van der Waals surface area contributed by atoms with E-state index in [9.17, 15) is 4.79 Å². The molecule has 0 bridgehead atoms.